The Bertz CT molecular complexity index is 1080. The zero-order valence-electron chi connectivity index (χ0n) is 18.0. The van der Waals surface area contributed by atoms with Crippen molar-refractivity contribution in [3.05, 3.63) is 68.8 Å². The predicted octanol–water partition coefficient (Wildman–Crippen LogP) is 4.86. The van der Waals surface area contributed by atoms with Crippen molar-refractivity contribution in [3.8, 4) is 0 Å². The van der Waals surface area contributed by atoms with Crippen molar-refractivity contribution in [1.82, 2.24) is 10.3 Å². The summed E-state index contributed by atoms with van der Waals surface area (Å²) in [5, 5.41) is 8.35. The van der Waals surface area contributed by atoms with Crippen LogP contribution < -0.4 is 10.6 Å². The smallest absolute Gasteiger partial charge is 0.255 e. The van der Waals surface area contributed by atoms with E-state index in [0.717, 1.165) is 27.4 Å². The molecule has 0 saturated heterocycles. The summed E-state index contributed by atoms with van der Waals surface area (Å²) < 4.78 is 0. The average Bonchev–Trinajstić information content (AvgIpc) is 3.07. The highest BCUT2D eigenvalue weighted by molar-refractivity contribution is 7.10. The van der Waals surface area contributed by atoms with Gasteiger partial charge in [-0.2, -0.15) is 0 Å². The molecule has 2 unspecified atom stereocenters. The maximum atomic E-state index is 13.4. The van der Waals surface area contributed by atoms with E-state index < -0.39 is 0 Å². The monoisotopic (exact) mass is 421 g/mol. The standard InChI is InChI=1S/C24H27N3O2S/c1-13-6-7-18(25-12-13)27-23(29)19-15(3)26-16-10-24(4,5)11-17(28)20(16)21(19)22-14(2)8-9-30-22/h6-10,12,20-21,26H,11H2,1-5H3,(H,25,27,29). The van der Waals surface area contributed by atoms with Gasteiger partial charge in [0.2, 0.25) is 0 Å². The minimum Gasteiger partial charge on any atom is -0.362 e. The van der Waals surface area contributed by atoms with Gasteiger partial charge in [-0.3, -0.25) is 9.59 Å². The lowest BCUT2D eigenvalue weighted by atomic mass is 9.67. The molecule has 6 heteroatoms. The van der Waals surface area contributed by atoms with Crippen LogP contribution >= 0.6 is 11.3 Å². The lowest BCUT2D eigenvalue weighted by molar-refractivity contribution is -0.124. The zero-order chi connectivity index (χ0) is 21.6. The molecular weight excluding hydrogens is 394 g/mol. The maximum Gasteiger partial charge on any atom is 0.255 e. The molecule has 2 atom stereocenters. The molecule has 2 aromatic rings. The third kappa shape index (κ3) is 3.72. The first-order valence-electron chi connectivity index (χ1n) is 10.2. The maximum absolute atomic E-state index is 13.4. The third-order valence-corrected chi connectivity index (χ3v) is 6.92. The largest absolute Gasteiger partial charge is 0.362 e. The summed E-state index contributed by atoms with van der Waals surface area (Å²) in [5.74, 6) is -0.206. The molecule has 0 radical (unpaired) electrons. The molecular formula is C24H27N3O2S. The van der Waals surface area contributed by atoms with E-state index in [-0.39, 0.29) is 28.9 Å². The predicted molar refractivity (Wildman–Crippen MR) is 120 cm³/mol. The summed E-state index contributed by atoms with van der Waals surface area (Å²) in [7, 11) is 0. The number of hydrogen-bond donors (Lipinski definition) is 2. The molecule has 0 spiro atoms. The molecule has 30 heavy (non-hydrogen) atoms. The Balaban J connectivity index is 1.81. The van der Waals surface area contributed by atoms with Crippen molar-refractivity contribution < 1.29 is 9.59 Å². The topological polar surface area (TPSA) is 71.1 Å². The average molecular weight is 422 g/mol. The van der Waals surface area contributed by atoms with Gasteiger partial charge in [-0.25, -0.2) is 4.98 Å². The zero-order valence-corrected chi connectivity index (χ0v) is 18.8. The molecule has 2 aromatic heterocycles. The summed E-state index contributed by atoms with van der Waals surface area (Å²) in [4.78, 5) is 32.1. The number of rotatable bonds is 3. The van der Waals surface area contributed by atoms with Gasteiger partial charge in [0.25, 0.3) is 5.91 Å². The van der Waals surface area contributed by atoms with Crippen LogP contribution in [0.1, 0.15) is 49.1 Å². The van der Waals surface area contributed by atoms with Gasteiger partial charge in [0.15, 0.2) is 0 Å². The fourth-order valence-corrected chi connectivity index (χ4v) is 5.55. The van der Waals surface area contributed by atoms with Gasteiger partial charge in [-0.1, -0.05) is 26.0 Å². The van der Waals surface area contributed by atoms with Crippen LogP contribution in [0.5, 0.6) is 0 Å². The highest BCUT2D eigenvalue weighted by Gasteiger charge is 2.46. The number of anilines is 1. The Morgan fingerprint density at radius 1 is 1.20 bits per heavy atom. The van der Waals surface area contributed by atoms with Crippen LogP contribution in [0.2, 0.25) is 0 Å². The quantitative estimate of drug-likeness (QED) is 0.743. The van der Waals surface area contributed by atoms with Crippen molar-refractivity contribution in [1.29, 1.82) is 0 Å². The number of aromatic nitrogens is 1. The number of Topliss-reactive ketones (excluding diaryl/α,β-unsaturated/α-hetero) is 1. The van der Waals surface area contributed by atoms with E-state index in [0.29, 0.717) is 17.8 Å². The van der Waals surface area contributed by atoms with E-state index in [1.165, 1.54) is 0 Å². The van der Waals surface area contributed by atoms with Gasteiger partial charge in [-0.15, -0.1) is 11.3 Å². The SMILES string of the molecule is CC1=C(C(=O)Nc2ccc(C)cn2)C(c2sccc2C)C2C(=O)CC(C)(C)C=C2N1. The summed E-state index contributed by atoms with van der Waals surface area (Å²) in [6, 6.07) is 5.76. The first-order valence-corrected chi connectivity index (χ1v) is 11.1. The first kappa shape index (κ1) is 20.5. The van der Waals surface area contributed by atoms with E-state index in [9.17, 15) is 9.59 Å². The molecule has 2 N–H and O–H groups in total. The number of allylic oxidation sites excluding steroid dienone is 3. The molecule has 0 bridgehead atoms. The van der Waals surface area contributed by atoms with Crippen molar-refractivity contribution in [2.45, 2.75) is 47.0 Å². The summed E-state index contributed by atoms with van der Waals surface area (Å²) in [6.07, 6.45) is 4.36. The molecule has 3 heterocycles. The van der Waals surface area contributed by atoms with E-state index in [1.807, 2.05) is 32.2 Å². The molecule has 0 saturated carbocycles. The van der Waals surface area contributed by atoms with Crippen LogP contribution in [0, 0.1) is 25.2 Å². The fraction of sp³-hybridized carbons (Fsp3) is 0.375. The number of nitrogens with one attached hydrogen (secondary N) is 2. The Hall–Kier alpha value is -2.73. The number of carbonyl (C=O) groups excluding carboxylic acids is 2. The second kappa shape index (κ2) is 7.51. The van der Waals surface area contributed by atoms with E-state index in [4.69, 9.17) is 0 Å². The van der Waals surface area contributed by atoms with Gasteiger partial charge in [-0.05, 0) is 54.8 Å². The summed E-state index contributed by atoms with van der Waals surface area (Å²) in [6.45, 7) is 10.1. The summed E-state index contributed by atoms with van der Waals surface area (Å²) >= 11 is 1.61. The van der Waals surface area contributed by atoms with E-state index >= 15 is 0 Å². The number of ketones is 1. The van der Waals surface area contributed by atoms with Gasteiger partial charge in [0.1, 0.15) is 11.6 Å². The molecule has 1 amide bonds. The van der Waals surface area contributed by atoms with Gasteiger partial charge in [0.05, 0.1) is 5.92 Å². The van der Waals surface area contributed by atoms with Crippen LogP contribution in [0.15, 0.2) is 52.8 Å². The Morgan fingerprint density at radius 3 is 2.60 bits per heavy atom. The number of thiophene rings is 1. The second-order valence-electron chi connectivity index (χ2n) is 8.99. The van der Waals surface area contributed by atoms with Crippen LogP contribution in [0.25, 0.3) is 0 Å². The van der Waals surface area contributed by atoms with Crippen LogP contribution in [0.3, 0.4) is 0 Å². The Morgan fingerprint density at radius 2 is 1.97 bits per heavy atom. The minimum atomic E-state index is -0.370. The van der Waals surface area contributed by atoms with E-state index in [2.05, 4.69) is 41.6 Å². The third-order valence-electron chi connectivity index (χ3n) is 5.82. The second-order valence-corrected chi connectivity index (χ2v) is 9.94. The fourth-order valence-electron chi connectivity index (χ4n) is 4.48. The molecule has 0 aromatic carbocycles. The molecule has 1 aliphatic heterocycles. The van der Waals surface area contributed by atoms with Crippen molar-refractivity contribution >= 4 is 28.8 Å². The lowest BCUT2D eigenvalue weighted by Crippen LogP contribution is -2.44. The number of amides is 1. The van der Waals surface area contributed by atoms with Crippen LogP contribution in [-0.2, 0) is 9.59 Å². The first-order chi connectivity index (χ1) is 14.2. The van der Waals surface area contributed by atoms with Crippen molar-refractivity contribution in [2.24, 2.45) is 11.3 Å². The Labute approximate surface area is 181 Å². The molecule has 5 nitrogen and oxygen atoms in total. The number of aryl methyl sites for hydroxylation is 2. The number of carbonyl (C=O) groups is 2. The number of fused-ring (bicyclic) bond motifs is 1. The van der Waals surface area contributed by atoms with Gasteiger partial charge >= 0.3 is 0 Å². The number of hydrogen-bond acceptors (Lipinski definition) is 5. The molecule has 1 aliphatic carbocycles. The lowest BCUT2D eigenvalue weighted by Gasteiger charge is -2.41. The van der Waals surface area contributed by atoms with Gasteiger partial charge < -0.3 is 10.6 Å². The highest BCUT2D eigenvalue weighted by atomic mass is 32.1. The molecule has 156 valence electrons. The number of nitrogens with zero attached hydrogens (tertiary/aromatic N) is 1. The van der Waals surface area contributed by atoms with Crippen molar-refractivity contribution in [2.75, 3.05) is 5.32 Å². The highest BCUT2D eigenvalue weighted by Crippen LogP contribution is 2.48. The number of pyridine rings is 1. The van der Waals surface area contributed by atoms with Gasteiger partial charge in [0, 0.05) is 40.4 Å². The summed E-state index contributed by atoms with van der Waals surface area (Å²) in [5.41, 5.74) is 4.24. The molecule has 4 rings (SSSR count). The minimum absolute atomic E-state index is 0.175. The van der Waals surface area contributed by atoms with Crippen molar-refractivity contribution in [3.63, 3.8) is 0 Å². The van der Waals surface area contributed by atoms with Crippen LogP contribution in [0.4, 0.5) is 5.82 Å². The molecule has 2 aliphatic rings. The Kier molecular flexibility index (Phi) is 5.14. The molecule has 0 fully saturated rings. The van der Waals surface area contributed by atoms with E-state index in [1.54, 1.807) is 23.6 Å². The van der Waals surface area contributed by atoms with Crippen LogP contribution in [-0.4, -0.2) is 16.7 Å². The normalized spacial score (nSPS) is 22.8.